The highest BCUT2D eigenvalue weighted by Gasteiger charge is 2.32. The lowest BCUT2D eigenvalue weighted by Crippen LogP contribution is -2.46. The van der Waals surface area contributed by atoms with Crippen LogP contribution in [0.3, 0.4) is 0 Å². The first-order valence-corrected chi connectivity index (χ1v) is 10.9. The zero-order valence-electron chi connectivity index (χ0n) is 17.5. The Morgan fingerprint density at radius 1 is 1.14 bits per heavy atom. The van der Waals surface area contributed by atoms with Gasteiger partial charge in [-0.05, 0) is 25.0 Å². The lowest BCUT2D eigenvalue weighted by Gasteiger charge is -2.27. The Labute approximate surface area is 172 Å². The van der Waals surface area contributed by atoms with Gasteiger partial charge in [-0.15, -0.1) is 0 Å². The predicted octanol–water partition coefficient (Wildman–Crippen LogP) is 0.701. The van der Waals surface area contributed by atoms with E-state index in [1.807, 2.05) is 6.92 Å². The maximum absolute atomic E-state index is 11.8. The van der Waals surface area contributed by atoms with E-state index >= 15 is 0 Å². The van der Waals surface area contributed by atoms with Gasteiger partial charge < -0.3 is 25.6 Å². The summed E-state index contributed by atoms with van der Waals surface area (Å²) < 4.78 is 4.92. The molecule has 9 heteroatoms. The van der Waals surface area contributed by atoms with Gasteiger partial charge in [-0.1, -0.05) is 20.8 Å². The van der Waals surface area contributed by atoms with Gasteiger partial charge in [-0.25, -0.2) is 0 Å². The van der Waals surface area contributed by atoms with Gasteiger partial charge in [-0.2, -0.15) is 11.8 Å². The van der Waals surface area contributed by atoms with E-state index in [1.165, 1.54) is 0 Å². The van der Waals surface area contributed by atoms with Gasteiger partial charge in [0, 0.05) is 37.1 Å². The third-order valence-electron chi connectivity index (χ3n) is 4.19. The minimum atomic E-state index is -1.33. The fourth-order valence-corrected chi connectivity index (χ4v) is 3.20. The van der Waals surface area contributed by atoms with E-state index in [9.17, 15) is 19.5 Å². The van der Waals surface area contributed by atoms with Gasteiger partial charge in [0.25, 0.3) is 0 Å². The summed E-state index contributed by atoms with van der Waals surface area (Å²) in [5.74, 6) is 1.02. The molecule has 0 aliphatic heterocycles. The Morgan fingerprint density at radius 2 is 1.82 bits per heavy atom. The molecule has 0 saturated carbocycles. The standard InChI is InChI=1S/C19H36N2O6S/c1-5-27-16(24)12-14(2)7-10-28-11-9-20-15(23)6-8-21-18(26)17(25)19(3,4)13-22/h14,17,22,25H,5-13H2,1-4H3,(H,20,23)(H,21,26). The number of ether oxygens (including phenoxy) is 1. The number of hydrogen-bond acceptors (Lipinski definition) is 7. The van der Waals surface area contributed by atoms with Crippen molar-refractivity contribution in [3.63, 3.8) is 0 Å². The molecule has 28 heavy (non-hydrogen) atoms. The molecule has 0 saturated heterocycles. The molecule has 0 aromatic heterocycles. The van der Waals surface area contributed by atoms with Crippen LogP contribution in [0, 0.1) is 11.3 Å². The summed E-state index contributed by atoms with van der Waals surface area (Å²) in [7, 11) is 0. The topological polar surface area (TPSA) is 125 Å². The number of hydrogen-bond donors (Lipinski definition) is 4. The van der Waals surface area contributed by atoms with E-state index in [0.717, 1.165) is 17.9 Å². The number of nitrogens with one attached hydrogen (secondary N) is 2. The van der Waals surface area contributed by atoms with Gasteiger partial charge in [0.05, 0.1) is 13.2 Å². The van der Waals surface area contributed by atoms with Crippen molar-refractivity contribution >= 4 is 29.5 Å². The van der Waals surface area contributed by atoms with E-state index in [1.54, 1.807) is 32.5 Å². The molecule has 0 aromatic carbocycles. The Bertz CT molecular complexity index is 487. The Balaban J connectivity index is 3.73. The molecular weight excluding hydrogens is 384 g/mol. The normalized spacial score (nSPS) is 13.5. The summed E-state index contributed by atoms with van der Waals surface area (Å²) in [6.45, 7) is 7.73. The smallest absolute Gasteiger partial charge is 0.306 e. The van der Waals surface area contributed by atoms with Crippen LogP contribution in [0.5, 0.6) is 0 Å². The molecule has 0 aliphatic rings. The summed E-state index contributed by atoms with van der Waals surface area (Å²) in [6.07, 6.45) is 0.138. The molecule has 0 bridgehead atoms. The largest absolute Gasteiger partial charge is 0.466 e. The number of aliphatic hydroxyl groups is 2. The first kappa shape index (κ1) is 26.7. The van der Waals surface area contributed by atoms with E-state index in [0.29, 0.717) is 19.6 Å². The van der Waals surface area contributed by atoms with Gasteiger partial charge >= 0.3 is 5.97 Å². The van der Waals surface area contributed by atoms with Crippen LogP contribution in [-0.2, 0) is 19.1 Å². The molecule has 0 rings (SSSR count). The molecule has 2 amide bonds. The SMILES string of the molecule is CCOC(=O)CC(C)CCSCCNC(=O)CCNC(=O)C(O)C(C)(C)CO. The monoisotopic (exact) mass is 420 g/mol. The van der Waals surface area contributed by atoms with Gasteiger partial charge in [0.1, 0.15) is 6.10 Å². The van der Waals surface area contributed by atoms with E-state index in [4.69, 9.17) is 9.84 Å². The van der Waals surface area contributed by atoms with Crippen molar-refractivity contribution in [2.24, 2.45) is 11.3 Å². The molecule has 0 spiro atoms. The van der Waals surface area contributed by atoms with Crippen molar-refractivity contribution in [1.29, 1.82) is 0 Å². The Kier molecular flexibility index (Phi) is 14.0. The van der Waals surface area contributed by atoms with Crippen LogP contribution in [0.2, 0.25) is 0 Å². The summed E-state index contributed by atoms with van der Waals surface area (Å²) in [5.41, 5.74) is -0.933. The molecule has 2 unspecified atom stereocenters. The average molecular weight is 421 g/mol. The van der Waals surface area contributed by atoms with Crippen molar-refractivity contribution in [3.05, 3.63) is 0 Å². The fourth-order valence-electron chi connectivity index (χ4n) is 2.18. The number of carbonyl (C=O) groups is 3. The fraction of sp³-hybridized carbons (Fsp3) is 0.842. The number of esters is 1. The third-order valence-corrected chi connectivity index (χ3v) is 5.21. The first-order valence-electron chi connectivity index (χ1n) is 9.70. The number of carbonyl (C=O) groups excluding carboxylic acids is 3. The van der Waals surface area contributed by atoms with Crippen molar-refractivity contribution in [2.45, 2.75) is 53.1 Å². The second-order valence-electron chi connectivity index (χ2n) is 7.46. The van der Waals surface area contributed by atoms with Crippen LogP contribution in [0.15, 0.2) is 0 Å². The number of amides is 2. The second kappa shape index (κ2) is 14.6. The van der Waals surface area contributed by atoms with Gasteiger partial charge in [0.2, 0.25) is 11.8 Å². The lowest BCUT2D eigenvalue weighted by molar-refractivity contribution is -0.144. The highest BCUT2D eigenvalue weighted by atomic mass is 32.2. The molecule has 164 valence electrons. The minimum Gasteiger partial charge on any atom is -0.466 e. The highest BCUT2D eigenvalue weighted by molar-refractivity contribution is 7.99. The Hall–Kier alpha value is -1.32. The molecular formula is C19H36N2O6S. The first-order chi connectivity index (χ1) is 13.1. The van der Waals surface area contributed by atoms with Crippen LogP contribution in [0.25, 0.3) is 0 Å². The Morgan fingerprint density at radius 3 is 2.43 bits per heavy atom. The quantitative estimate of drug-likeness (QED) is 0.227. The van der Waals surface area contributed by atoms with Crippen molar-refractivity contribution in [2.75, 3.05) is 37.8 Å². The molecule has 0 radical (unpaired) electrons. The van der Waals surface area contributed by atoms with Crippen molar-refractivity contribution in [3.8, 4) is 0 Å². The van der Waals surface area contributed by atoms with E-state index < -0.39 is 17.4 Å². The highest BCUT2D eigenvalue weighted by Crippen LogP contribution is 2.19. The van der Waals surface area contributed by atoms with Crippen LogP contribution >= 0.6 is 11.8 Å². The summed E-state index contributed by atoms with van der Waals surface area (Å²) >= 11 is 1.71. The molecule has 2 atom stereocenters. The van der Waals surface area contributed by atoms with Crippen LogP contribution in [-0.4, -0.2) is 71.9 Å². The summed E-state index contributed by atoms with van der Waals surface area (Å²) in [5, 5.41) is 24.3. The summed E-state index contributed by atoms with van der Waals surface area (Å²) in [4.78, 5) is 34.9. The molecule has 0 fully saturated rings. The second-order valence-corrected chi connectivity index (χ2v) is 8.68. The number of aliphatic hydroxyl groups excluding tert-OH is 2. The van der Waals surface area contributed by atoms with Crippen LogP contribution in [0.4, 0.5) is 0 Å². The van der Waals surface area contributed by atoms with Crippen LogP contribution < -0.4 is 10.6 Å². The minimum absolute atomic E-state index is 0.124. The van der Waals surface area contributed by atoms with Crippen LogP contribution in [0.1, 0.15) is 47.0 Å². The third kappa shape index (κ3) is 12.2. The lowest BCUT2D eigenvalue weighted by atomic mass is 9.87. The van der Waals surface area contributed by atoms with Crippen molar-refractivity contribution in [1.82, 2.24) is 10.6 Å². The molecule has 0 aromatic rings. The van der Waals surface area contributed by atoms with E-state index in [2.05, 4.69) is 10.6 Å². The maximum atomic E-state index is 11.8. The van der Waals surface area contributed by atoms with Gasteiger partial charge in [0.15, 0.2) is 0 Å². The molecule has 0 heterocycles. The number of thioether (sulfide) groups is 1. The van der Waals surface area contributed by atoms with E-state index in [-0.39, 0.29) is 37.4 Å². The maximum Gasteiger partial charge on any atom is 0.306 e. The van der Waals surface area contributed by atoms with Crippen molar-refractivity contribution < 1.29 is 29.3 Å². The number of rotatable bonds is 15. The zero-order valence-corrected chi connectivity index (χ0v) is 18.3. The molecule has 8 nitrogen and oxygen atoms in total. The summed E-state index contributed by atoms with van der Waals surface area (Å²) in [6, 6.07) is 0. The molecule has 0 aliphatic carbocycles. The zero-order chi connectivity index (χ0) is 21.6. The predicted molar refractivity (Wildman–Crippen MR) is 110 cm³/mol. The van der Waals surface area contributed by atoms with Gasteiger partial charge in [-0.3, -0.25) is 14.4 Å². The average Bonchev–Trinajstić information content (AvgIpc) is 2.63. The molecule has 4 N–H and O–H groups in total.